The summed E-state index contributed by atoms with van der Waals surface area (Å²) in [5, 5.41) is 0. The lowest BCUT2D eigenvalue weighted by Crippen LogP contribution is -2.34. The molecule has 0 N–H and O–H groups in total. The normalized spacial score (nSPS) is 15.0. The minimum absolute atomic E-state index is 0.0531. The maximum absolute atomic E-state index is 14.4. The van der Waals surface area contributed by atoms with Crippen molar-refractivity contribution >= 4 is 12.0 Å². The zero-order valence-corrected chi connectivity index (χ0v) is 17.9. The number of hydrogen-bond acceptors (Lipinski definition) is 4. The summed E-state index contributed by atoms with van der Waals surface area (Å²) in [5.74, 6) is 0.0391. The molecule has 0 aliphatic carbocycles. The summed E-state index contributed by atoms with van der Waals surface area (Å²) in [6.07, 6.45) is 7.24. The molecule has 1 aromatic heterocycles. The number of carbonyl (C=O) groups excluding carboxylic acids is 1. The van der Waals surface area contributed by atoms with Gasteiger partial charge in [0.15, 0.2) is 11.6 Å². The first-order valence-corrected chi connectivity index (χ1v) is 10.8. The number of aromatic nitrogens is 1. The Morgan fingerprint density at radius 2 is 1.91 bits per heavy atom. The van der Waals surface area contributed by atoms with Crippen LogP contribution in [0.5, 0.6) is 11.5 Å². The summed E-state index contributed by atoms with van der Waals surface area (Å²) in [6, 6.07) is 18.4. The number of pyridine rings is 1. The van der Waals surface area contributed by atoms with Crippen LogP contribution in [0.15, 0.2) is 79.1 Å². The number of rotatable bonds is 6. The Hall–Kier alpha value is -3.51. The van der Waals surface area contributed by atoms with Crippen molar-refractivity contribution in [2.45, 2.75) is 13.0 Å². The van der Waals surface area contributed by atoms with Gasteiger partial charge < -0.3 is 9.64 Å². The molecule has 1 aliphatic rings. The van der Waals surface area contributed by atoms with Gasteiger partial charge in [-0.25, -0.2) is 4.39 Å². The third kappa shape index (κ3) is 6.02. The molecular formula is C26H26FN3O2. The molecule has 164 valence electrons. The number of carbonyl (C=O) groups is 1. The van der Waals surface area contributed by atoms with Crippen LogP contribution in [0.4, 0.5) is 4.39 Å². The van der Waals surface area contributed by atoms with Crippen molar-refractivity contribution in [3.05, 3.63) is 96.1 Å². The van der Waals surface area contributed by atoms with Crippen LogP contribution in [0.25, 0.3) is 6.08 Å². The molecule has 0 atom stereocenters. The van der Waals surface area contributed by atoms with Crippen molar-refractivity contribution in [1.82, 2.24) is 14.8 Å². The fourth-order valence-corrected chi connectivity index (χ4v) is 3.70. The van der Waals surface area contributed by atoms with Crippen molar-refractivity contribution in [2.24, 2.45) is 0 Å². The summed E-state index contributed by atoms with van der Waals surface area (Å²) in [4.78, 5) is 20.9. The number of hydrogen-bond donors (Lipinski definition) is 0. The van der Waals surface area contributed by atoms with Crippen LogP contribution in [0.2, 0.25) is 0 Å². The molecule has 2 aromatic carbocycles. The van der Waals surface area contributed by atoms with Gasteiger partial charge in [-0.1, -0.05) is 36.4 Å². The first-order valence-electron chi connectivity index (χ1n) is 10.8. The lowest BCUT2D eigenvalue weighted by Gasteiger charge is -2.21. The average molecular weight is 432 g/mol. The molecule has 4 rings (SSSR count). The molecule has 2 heterocycles. The minimum atomic E-state index is -0.491. The third-order valence-corrected chi connectivity index (χ3v) is 5.39. The van der Waals surface area contributed by atoms with E-state index in [1.54, 1.807) is 36.5 Å². The molecule has 1 aliphatic heterocycles. The molecule has 32 heavy (non-hydrogen) atoms. The first kappa shape index (κ1) is 21.7. The number of ether oxygens (including phenoxy) is 1. The number of halogens is 1. The Morgan fingerprint density at radius 1 is 1.03 bits per heavy atom. The monoisotopic (exact) mass is 431 g/mol. The Morgan fingerprint density at radius 3 is 2.69 bits per heavy atom. The van der Waals surface area contributed by atoms with Gasteiger partial charge in [-0.3, -0.25) is 14.7 Å². The summed E-state index contributed by atoms with van der Waals surface area (Å²) in [6.45, 7) is 4.10. The third-order valence-electron chi connectivity index (χ3n) is 5.39. The predicted molar refractivity (Wildman–Crippen MR) is 123 cm³/mol. The van der Waals surface area contributed by atoms with E-state index in [1.165, 1.54) is 23.9 Å². The van der Waals surface area contributed by atoms with E-state index < -0.39 is 5.82 Å². The molecule has 1 saturated heterocycles. The fraction of sp³-hybridized carbons (Fsp3) is 0.231. The molecule has 0 radical (unpaired) electrons. The van der Waals surface area contributed by atoms with Crippen LogP contribution >= 0.6 is 0 Å². The van der Waals surface area contributed by atoms with Crippen LogP contribution in [0.3, 0.4) is 0 Å². The first-order chi connectivity index (χ1) is 15.7. The molecule has 1 fully saturated rings. The Kier molecular flexibility index (Phi) is 7.25. The van der Waals surface area contributed by atoms with Crippen LogP contribution < -0.4 is 4.74 Å². The molecule has 0 spiro atoms. The molecule has 3 aromatic rings. The Balaban J connectivity index is 1.32. The highest BCUT2D eigenvalue weighted by Crippen LogP contribution is 2.25. The van der Waals surface area contributed by atoms with Crippen LogP contribution in [0.1, 0.15) is 17.5 Å². The van der Waals surface area contributed by atoms with Gasteiger partial charge in [0, 0.05) is 45.0 Å². The van der Waals surface area contributed by atoms with Crippen LogP contribution in [-0.2, 0) is 11.3 Å². The van der Waals surface area contributed by atoms with E-state index in [4.69, 9.17) is 4.74 Å². The molecule has 5 nitrogen and oxygen atoms in total. The van der Waals surface area contributed by atoms with E-state index in [1.807, 2.05) is 23.1 Å². The van der Waals surface area contributed by atoms with Gasteiger partial charge in [0.25, 0.3) is 0 Å². The highest BCUT2D eigenvalue weighted by atomic mass is 19.1. The number of benzene rings is 2. The second-order valence-corrected chi connectivity index (χ2v) is 7.75. The molecule has 0 unspecified atom stereocenters. The second-order valence-electron chi connectivity index (χ2n) is 7.75. The molecule has 0 saturated carbocycles. The summed E-state index contributed by atoms with van der Waals surface area (Å²) < 4.78 is 19.9. The van der Waals surface area contributed by atoms with E-state index in [0.29, 0.717) is 17.9 Å². The van der Waals surface area contributed by atoms with Crippen molar-refractivity contribution in [1.29, 1.82) is 0 Å². The highest BCUT2D eigenvalue weighted by Gasteiger charge is 2.17. The topological polar surface area (TPSA) is 45.7 Å². The summed E-state index contributed by atoms with van der Waals surface area (Å²) in [5.41, 5.74) is 1.89. The maximum atomic E-state index is 14.4. The van der Waals surface area contributed by atoms with Crippen molar-refractivity contribution < 1.29 is 13.9 Å². The maximum Gasteiger partial charge on any atom is 0.246 e. The molecule has 0 bridgehead atoms. The largest absolute Gasteiger partial charge is 0.453 e. The summed E-state index contributed by atoms with van der Waals surface area (Å²) in [7, 11) is 0. The van der Waals surface area contributed by atoms with Gasteiger partial charge in [0.2, 0.25) is 5.91 Å². The van der Waals surface area contributed by atoms with Gasteiger partial charge >= 0.3 is 0 Å². The van der Waals surface area contributed by atoms with Gasteiger partial charge in [0.1, 0.15) is 5.75 Å². The quantitative estimate of drug-likeness (QED) is 0.528. The van der Waals surface area contributed by atoms with Gasteiger partial charge in [-0.15, -0.1) is 0 Å². The van der Waals surface area contributed by atoms with Gasteiger partial charge in [-0.2, -0.15) is 0 Å². The minimum Gasteiger partial charge on any atom is -0.453 e. The Bertz CT molecular complexity index is 1060. The van der Waals surface area contributed by atoms with Gasteiger partial charge in [-0.05, 0) is 47.9 Å². The van der Waals surface area contributed by atoms with E-state index in [2.05, 4.69) is 22.0 Å². The average Bonchev–Trinajstić information content (AvgIpc) is 3.06. The SMILES string of the molecule is O=C(/C=C/c1ccc(Oc2cccnc2)c(F)c1)N1CCCN(Cc2ccccc2)CC1. The van der Waals surface area contributed by atoms with Crippen molar-refractivity contribution in [3.8, 4) is 11.5 Å². The number of amides is 1. The van der Waals surface area contributed by atoms with E-state index >= 15 is 0 Å². The fourth-order valence-electron chi connectivity index (χ4n) is 3.70. The molecule has 6 heteroatoms. The highest BCUT2D eigenvalue weighted by molar-refractivity contribution is 5.91. The second kappa shape index (κ2) is 10.7. The lowest BCUT2D eigenvalue weighted by molar-refractivity contribution is -0.125. The zero-order chi connectivity index (χ0) is 22.2. The molecule has 1 amide bonds. The van der Waals surface area contributed by atoms with E-state index in [0.717, 1.165) is 32.6 Å². The smallest absolute Gasteiger partial charge is 0.246 e. The van der Waals surface area contributed by atoms with E-state index in [9.17, 15) is 9.18 Å². The van der Waals surface area contributed by atoms with Crippen molar-refractivity contribution in [3.63, 3.8) is 0 Å². The Labute approximate surface area is 187 Å². The zero-order valence-electron chi connectivity index (χ0n) is 17.9. The van der Waals surface area contributed by atoms with Crippen LogP contribution in [-0.4, -0.2) is 46.9 Å². The lowest BCUT2D eigenvalue weighted by atomic mass is 10.2. The standard InChI is InChI=1S/C26H26FN3O2/c27-24-18-21(9-11-25(24)32-23-8-4-13-28-19-23)10-12-26(31)30-15-5-14-29(16-17-30)20-22-6-2-1-3-7-22/h1-4,6-13,18-19H,5,14-17,20H2/b12-10+. The van der Waals surface area contributed by atoms with E-state index in [-0.39, 0.29) is 11.7 Å². The number of nitrogens with zero attached hydrogens (tertiary/aromatic N) is 3. The van der Waals surface area contributed by atoms with Gasteiger partial charge in [0.05, 0.1) is 6.20 Å². The van der Waals surface area contributed by atoms with Crippen LogP contribution in [0, 0.1) is 5.82 Å². The predicted octanol–water partition coefficient (Wildman–Crippen LogP) is 4.76. The molecular weight excluding hydrogens is 405 g/mol. The van der Waals surface area contributed by atoms with Crippen molar-refractivity contribution in [2.75, 3.05) is 26.2 Å². The summed E-state index contributed by atoms with van der Waals surface area (Å²) >= 11 is 0.